The number of urea groups is 1. The summed E-state index contributed by atoms with van der Waals surface area (Å²) >= 11 is 5.89. The maximum Gasteiger partial charge on any atom is 0.321 e. The zero-order valence-corrected chi connectivity index (χ0v) is 16.3. The van der Waals surface area contributed by atoms with Gasteiger partial charge in [-0.05, 0) is 43.3 Å². The van der Waals surface area contributed by atoms with Gasteiger partial charge in [-0.1, -0.05) is 11.6 Å². The van der Waals surface area contributed by atoms with E-state index < -0.39 is 0 Å². The molecule has 0 atom stereocenters. The first kappa shape index (κ1) is 18.3. The van der Waals surface area contributed by atoms with Crippen LogP contribution < -0.4 is 10.2 Å². The van der Waals surface area contributed by atoms with Crippen molar-refractivity contribution in [2.45, 2.75) is 6.92 Å². The third-order valence-corrected chi connectivity index (χ3v) is 4.92. The Morgan fingerprint density at radius 2 is 1.64 bits per heavy atom. The molecule has 28 heavy (non-hydrogen) atoms. The molecular weight excluding hydrogens is 376 g/mol. The van der Waals surface area contributed by atoms with Crippen LogP contribution in [0.2, 0.25) is 5.02 Å². The Hall–Kier alpha value is -3.06. The minimum Gasteiger partial charge on any atom is -0.353 e. The molecule has 8 heteroatoms. The Morgan fingerprint density at radius 1 is 1.00 bits per heavy atom. The summed E-state index contributed by atoms with van der Waals surface area (Å²) in [5.41, 5.74) is 0.736. The van der Waals surface area contributed by atoms with Gasteiger partial charge in [0, 0.05) is 55.3 Å². The molecular formula is C20H21ClN6O. The van der Waals surface area contributed by atoms with E-state index in [1.165, 1.54) is 0 Å². The highest BCUT2D eigenvalue weighted by atomic mass is 35.5. The molecule has 2 aromatic heterocycles. The average molecular weight is 397 g/mol. The molecule has 3 aromatic rings. The predicted molar refractivity (Wildman–Crippen MR) is 110 cm³/mol. The van der Waals surface area contributed by atoms with Gasteiger partial charge in [0.05, 0.1) is 0 Å². The van der Waals surface area contributed by atoms with Crippen LogP contribution in [-0.2, 0) is 0 Å². The van der Waals surface area contributed by atoms with Gasteiger partial charge in [0.25, 0.3) is 0 Å². The molecule has 1 saturated heterocycles. The normalized spacial score (nSPS) is 14.2. The third-order valence-electron chi connectivity index (χ3n) is 4.67. The number of carbonyl (C=O) groups excluding carboxylic acids is 1. The van der Waals surface area contributed by atoms with Gasteiger partial charge in [-0.2, -0.15) is 0 Å². The molecule has 0 radical (unpaired) electrons. The number of benzene rings is 1. The molecule has 0 saturated carbocycles. The van der Waals surface area contributed by atoms with Gasteiger partial charge in [-0.25, -0.2) is 14.8 Å². The summed E-state index contributed by atoms with van der Waals surface area (Å²) in [5, 5.41) is 3.56. The van der Waals surface area contributed by atoms with Crippen molar-refractivity contribution in [3.63, 3.8) is 0 Å². The Morgan fingerprint density at radius 3 is 2.32 bits per heavy atom. The van der Waals surface area contributed by atoms with Crippen molar-refractivity contribution < 1.29 is 4.79 Å². The van der Waals surface area contributed by atoms with Crippen molar-refractivity contribution in [1.29, 1.82) is 0 Å². The maximum absolute atomic E-state index is 12.5. The maximum atomic E-state index is 12.5. The Balaban J connectivity index is 1.40. The molecule has 1 aromatic carbocycles. The van der Waals surface area contributed by atoms with Crippen LogP contribution in [0.25, 0.3) is 5.82 Å². The van der Waals surface area contributed by atoms with E-state index in [0.29, 0.717) is 18.1 Å². The van der Waals surface area contributed by atoms with E-state index >= 15 is 0 Å². The van der Waals surface area contributed by atoms with Gasteiger partial charge < -0.3 is 19.7 Å². The summed E-state index contributed by atoms with van der Waals surface area (Å²) < 4.78 is 1.97. The first-order valence-corrected chi connectivity index (χ1v) is 9.52. The summed E-state index contributed by atoms with van der Waals surface area (Å²) in [4.78, 5) is 25.6. The minimum atomic E-state index is -0.103. The number of amides is 2. The van der Waals surface area contributed by atoms with Gasteiger partial charge >= 0.3 is 6.03 Å². The third kappa shape index (κ3) is 4.09. The lowest BCUT2D eigenvalue weighted by Crippen LogP contribution is -2.50. The largest absolute Gasteiger partial charge is 0.353 e. The first-order chi connectivity index (χ1) is 13.6. The molecule has 1 N–H and O–H groups in total. The SMILES string of the molecule is Cc1nc(N2CCN(C(=O)Nc3ccc(Cl)cc3)CC2)cc(-n2cccc2)n1. The van der Waals surface area contributed by atoms with Crippen molar-refractivity contribution in [3.05, 3.63) is 65.7 Å². The van der Waals surface area contributed by atoms with Crippen molar-refractivity contribution >= 4 is 29.1 Å². The molecule has 4 rings (SSSR count). The summed E-state index contributed by atoms with van der Waals surface area (Å²) in [6.07, 6.45) is 3.93. The second-order valence-corrected chi connectivity index (χ2v) is 7.07. The highest BCUT2D eigenvalue weighted by molar-refractivity contribution is 6.30. The monoisotopic (exact) mass is 396 g/mol. The second-order valence-electron chi connectivity index (χ2n) is 6.63. The molecule has 144 valence electrons. The van der Waals surface area contributed by atoms with Gasteiger partial charge in [-0.3, -0.25) is 0 Å². The van der Waals surface area contributed by atoms with E-state index in [-0.39, 0.29) is 6.03 Å². The van der Waals surface area contributed by atoms with E-state index in [1.54, 1.807) is 24.3 Å². The minimum absolute atomic E-state index is 0.103. The number of nitrogens with one attached hydrogen (secondary N) is 1. The molecule has 0 aliphatic carbocycles. The number of halogens is 1. The quantitative estimate of drug-likeness (QED) is 0.734. The second kappa shape index (κ2) is 7.90. The number of carbonyl (C=O) groups is 1. The number of piperazine rings is 1. The lowest BCUT2D eigenvalue weighted by Gasteiger charge is -2.35. The summed E-state index contributed by atoms with van der Waals surface area (Å²) in [6, 6.07) is 12.9. The predicted octanol–water partition coefficient (Wildman–Crippen LogP) is 3.58. The lowest BCUT2D eigenvalue weighted by molar-refractivity contribution is 0.208. The van der Waals surface area contributed by atoms with E-state index in [2.05, 4.69) is 20.2 Å². The van der Waals surface area contributed by atoms with Crippen molar-refractivity contribution in [3.8, 4) is 5.82 Å². The smallest absolute Gasteiger partial charge is 0.321 e. The number of rotatable bonds is 3. The zero-order chi connectivity index (χ0) is 19.5. The molecule has 0 bridgehead atoms. The highest BCUT2D eigenvalue weighted by Crippen LogP contribution is 2.19. The van der Waals surface area contributed by atoms with Crippen LogP contribution in [0.3, 0.4) is 0 Å². The molecule has 1 fully saturated rings. The summed E-state index contributed by atoms with van der Waals surface area (Å²) in [7, 11) is 0. The summed E-state index contributed by atoms with van der Waals surface area (Å²) in [5.74, 6) is 2.45. The Bertz CT molecular complexity index is 949. The molecule has 0 spiro atoms. The number of nitrogens with zero attached hydrogens (tertiary/aromatic N) is 5. The standard InChI is InChI=1S/C20H21ClN6O/c1-15-22-18(25-8-2-3-9-25)14-19(23-15)26-10-12-27(13-11-26)20(28)24-17-6-4-16(21)5-7-17/h2-9,14H,10-13H2,1H3,(H,24,28). The van der Waals surface area contributed by atoms with Crippen LogP contribution in [0.5, 0.6) is 0 Å². The first-order valence-electron chi connectivity index (χ1n) is 9.14. The number of hydrogen-bond acceptors (Lipinski definition) is 4. The van der Waals surface area contributed by atoms with Crippen LogP contribution in [0.1, 0.15) is 5.82 Å². The number of anilines is 2. The molecule has 7 nitrogen and oxygen atoms in total. The fourth-order valence-corrected chi connectivity index (χ4v) is 3.32. The molecule has 0 unspecified atom stereocenters. The topological polar surface area (TPSA) is 66.3 Å². The van der Waals surface area contributed by atoms with Crippen LogP contribution >= 0.6 is 11.6 Å². The van der Waals surface area contributed by atoms with E-state index in [1.807, 2.05) is 47.0 Å². The van der Waals surface area contributed by atoms with Gasteiger partial charge in [0.15, 0.2) is 0 Å². The van der Waals surface area contributed by atoms with Crippen LogP contribution in [-0.4, -0.2) is 51.6 Å². The van der Waals surface area contributed by atoms with Crippen molar-refractivity contribution in [2.75, 3.05) is 36.4 Å². The van der Waals surface area contributed by atoms with Crippen molar-refractivity contribution in [2.24, 2.45) is 0 Å². The molecule has 3 heterocycles. The lowest BCUT2D eigenvalue weighted by atomic mass is 10.3. The van der Waals surface area contributed by atoms with Crippen LogP contribution in [0.4, 0.5) is 16.3 Å². The average Bonchev–Trinajstić information content (AvgIpc) is 3.24. The number of aromatic nitrogens is 3. The molecule has 1 aliphatic heterocycles. The number of hydrogen-bond donors (Lipinski definition) is 1. The molecule has 1 aliphatic rings. The Labute approximate surface area is 168 Å². The fraction of sp³-hybridized carbons (Fsp3) is 0.250. The van der Waals surface area contributed by atoms with E-state index in [0.717, 1.165) is 36.2 Å². The highest BCUT2D eigenvalue weighted by Gasteiger charge is 2.22. The zero-order valence-electron chi connectivity index (χ0n) is 15.5. The van der Waals surface area contributed by atoms with Crippen LogP contribution in [0, 0.1) is 6.92 Å². The van der Waals surface area contributed by atoms with E-state index in [9.17, 15) is 4.79 Å². The molecule has 2 amide bonds. The summed E-state index contributed by atoms with van der Waals surface area (Å²) in [6.45, 7) is 4.58. The van der Waals surface area contributed by atoms with Gasteiger partial charge in [-0.15, -0.1) is 0 Å². The van der Waals surface area contributed by atoms with Gasteiger partial charge in [0.2, 0.25) is 0 Å². The van der Waals surface area contributed by atoms with E-state index in [4.69, 9.17) is 11.6 Å². The Kier molecular flexibility index (Phi) is 5.16. The van der Waals surface area contributed by atoms with Gasteiger partial charge in [0.1, 0.15) is 17.5 Å². The number of aryl methyl sites for hydroxylation is 1. The fourth-order valence-electron chi connectivity index (χ4n) is 3.19. The van der Waals surface area contributed by atoms with Crippen molar-refractivity contribution in [1.82, 2.24) is 19.4 Å². The van der Waals surface area contributed by atoms with Crippen LogP contribution in [0.15, 0.2) is 54.9 Å².